The number of alkyl halides is 2. The van der Waals surface area contributed by atoms with Crippen molar-refractivity contribution in [2.45, 2.75) is 38.5 Å². The van der Waals surface area contributed by atoms with Crippen molar-refractivity contribution in [2.75, 3.05) is 13.2 Å². The molecule has 3 aromatic rings. The van der Waals surface area contributed by atoms with Crippen molar-refractivity contribution < 1.29 is 45.8 Å². The monoisotopic (exact) mass is 629 g/mol. The maximum absolute atomic E-state index is 14.6. The Balaban J connectivity index is 0.00000506. The molecule has 16 heteroatoms. The van der Waals surface area contributed by atoms with Crippen molar-refractivity contribution in [1.82, 2.24) is 15.6 Å². The topological polar surface area (TPSA) is 172 Å². The molecule has 6 N–H and O–H groups in total. The molecule has 0 bridgehead atoms. The third-order valence-electron chi connectivity index (χ3n) is 6.11. The number of carbonyl (C=O) groups is 3. The molecule has 4 rings (SSSR count). The SMILES string of the molecule is C[C@H](N)c1oc(-c2ccc(OC(F)F)c(OCC3CC3)c2)nc1C(=O)NC(C(=O)NCC(N)=O)c1ccc(F)cc1F.Cl. The van der Waals surface area contributed by atoms with Crippen LogP contribution in [0.5, 0.6) is 11.5 Å². The molecule has 11 nitrogen and oxygen atoms in total. The van der Waals surface area contributed by atoms with Gasteiger partial charge in [0.05, 0.1) is 19.2 Å². The molecular weight excluding hydrogens is 602 g/mol. The summed E-state index contributed by atoms with van der Waals surface area (Å²) in [6.45, 7) is -1.95. The Labute approximate surface area is 248 Å². The van der Waals surface area contributed by atoms with E-state index in [0.29, 0.717) is 12.0 Å². The van der Waals surface area contributed by atoms with Gasteiger partial charge < -0.3 is 36.0 Å². The molecule has 3 amide bonds. The summed E-state index contributed by atoms with van der Waals surface area (Å²) in [5.74, 6) is -5.19. The fourth-order valence-corrected chi connectivity index (χ4v) is 3.86. The minimum atomic E-state index is -3.10. The van der Waals surface area contributed by atoms with E-state index in [-0.39, 0.29) is 53.4 Å². The molecule has 2 aromatic carbocycles. The van der Waals surface area contributed by atoms with Gasteiger partial charge in [0.2, 0.25) is 17.7 Å². The fraction of sp³-hybridized carbons (Fsp3) is 0.333. The molecule has 43 heavy (non-hydrogen) atoms. The normalized spacial score (nSPS) is 13.9. The molecule has 2 atom stereocenters. The zero-order valence-electron chi connectivity index (χ0n) is 22.6. The number of nitrogens with one attached hydrogen (secondary N) is 2. The van der Waals surface area contributed by atoms with Crippen LogP contribution in [-0.2, 0) is 9.59 Å². The fourth-order valence-electron chi connectivity index (χ4n) is 3.86. The first-order chi connectivity index (χ1) is 19.9. The molecule has 1 heterocycles. The number of rotatable bonds is 13. The predicted octanol–water partition coefficient (Wildman–Crippen LogP) is 3.52. The highest BCUT2D eigenvalue weighted by molar-refractivity contribution is 5.98. The number of hydrogen-bond donors (Lipinski definition) is 4. The highest BCUT2D eigenvalue weighted by Gasteiger charge is 2.31. The number of benzene rings is 2. The number of oxazole rings is 1. The average Bonchev–Trinajstić information content (AvgIpc) is 3.64. The quantitative estimate of drug-likeness (QED) is 0.208. The highest BCUT2D eigenvalue weighted by atomic mass is 35.5. The van der Waals surface area contributed by atoms with Gasteiger partial charge in [-0.3, -0.25) is 14.4 Å². The van der Waals surface area contributed by atoms with E-state index in [1.54, 1.807) is 0 Å². The van der Waals surface area contributed by atoms with E-state index in [2.05, 4.69) is 20.4 Å². The van der Waals surface area contributed by atoms with Gasteiger partial charge >= 0.3 is 6.61 Å². The lowest BCUT2D eigenvalue weighted by Crippen LogP contribution is -2.43. The van der Waals surface area contributed by atoms with E-state index in [4.69, 9.17) is 20.6 Å². The Morgan fingerprint density at radius 1 is 1.12 bits per heavy atom. The van der Waals surface area contributed by atoms with E-state index in [1.807, 2.05) is 0 Å². The summed E-state index contributed by atoms with van der Waals surface area (Å²) in [6.07, 6.45) is 1.90. The van der Waals surface area contributed by atoms with Crippen molar-refractivity contribution in [2.24, 2.45) is 17.4 Å². The van der Waals surface area contributed by atoms with Crippen LogP contribution in [0.1, 0.15) is 53.7 Å². The van der Waals surface area contributed by atoms with Crippen LogP contribution in [0.3, 0.4) is 0 Å². The second-order valence-corrected chi connectivity index (χ2v) is 9.57. The minimum Gasteiger partial charge on any atom is -0.489 e. The van der Waals surface area contributed by atoms with E-state index >= 15 is 0 Å². The van der Waals surface area contributed by atoms with E-state index in [1.165, 1.54) is 25.1 Å². The first-order valence-corrected chi connectivity index (χ1v) is 12.7. The summed E-state index contributed by atoms with van der Waals surface area (Å²) in [5, 5.41) is 4.46. The van der Waals surface area contributed by atoms with Gasteiger partial charge in [0.1, 0.15) is 17.7 Å². The van der Waals surface area contributed by atoms with Crippen LogP contribution < -0.4 is 31.6 Å². The second-order valence-electron chi connectivity index (χ2n) is 9.57. The smallest absolute Gasteiger partial charge is 0.387 e. The summed E-state index contributed by atoms with van der Waals surface area (Å²) >= 11 is 0. The largest absolute Gasteiger partial charge is 0.489 e. The Kier molecular flexibility index (Phi) is 10.9. The zero-order valence-corrected chi connectivity index (χ0v) is 23.4. The third-order valence-corrected chi connectivity index (χ3v) is 6.11. The maximum Gasteiger partial charge on any atom is 0.387 e. The lowest BCUT2D eigenvalue weighted by Gasteiger charge is -2.19. The van der Waals surface area contributed by atoms with Crippen LogP contribution in [0.4, 0.5) is 17.6 Å². The standard InChI is InChI=1S/C27H27F4N5O6.ClH/c1-12(32)23-22(25(39)35-21(24(38)34-10-20(33)37)16-6-5-15(28)9-17(16)29)36-26(42-23)14-4-7-18(41-27(30)31)19(8-14)40-11-13-2-3-13;/h4-9,12-13,21,27H,2-3,10-11,32H2,1H3,(H2,33,37)(H,34,38)(H,35,39);1H/t12-,21?;/m0./s1. The number of halogens is 5. The molecular formula is C27H28ClF4N5O6. The van der Waals surface area contributed by atoms with Crippen molar-refractivity contribution in [3.63, 3.8) is 0 Å². The van der Waals surface area contributed by atoms with Gasteiger partial charge in [-0.1, -0.05) is 6.07 Å². The van der Waals surface area contributed by atoms with Crippen LogP contribution in [0, 0.1) is 17.6 Å². The van der Waals surface area contributed by atoms with Crippen LogP contribution >= 0.6 is 12.4 Å². The van der Waals surface area contributed by atoms with Crippen LogP contribution in [0.15, 0.2) is 40.8 Å². The van der Waals surface area contributed by atoms with Crippen molar-refractivity contribution in [3.8, 4) is 23.0 Å². The van der Waals surface area contributed by atoms with E-state index in [0.717, 1.165) is 25.0 Å². The number of carbonyl (C=O) groups excluding carboxylic acids is 3. The van der Waals surface area contributed by atoms with Crippen LogP contribution in [0.25, 0.3) is 11.5 Å². The number of amides is 3. The first-order valence-electron chi connectivity index (χ1n) is 12.7. The molecule has 0 saturated heterocycles. The van der Waals surface area contributed by atoms with Gasteiger partial charge in [0.15, 0.2) is 23.0 Å². The second kappa shape index (κ2) is 14.2. The summed E-state index contributed by atoms with van der Waals surface area (Å²) in [6, 6.07) is 3.64. The predicted molar refractivity (Wildman–Crippen MR) is 145 cm³/mol. The minimum absolute atomic E-state index is 0. The van der Waals surface area contributed by atoms with Gasteiger partial charge in [-0.15, -0.1) is 12.4 Å². The molecule has 1 aromatic heterocycles. The molecule has 232 valence electrons. The maximum atomic E-state index is 14.6. The third kappa shape index (κ3) is 8.58. The van der Waals surface area contributed by atoms with Crippen LogP contribution in [0.2, 0.25) is 0 Å². The van der Waals surface area contributed by atoms with E-state index < -0.39 is 60.2 Å². The molecule has 1 fully saturated rings. The Bertz CT molecular complexity index is 1480. The summed E-state index contributed by atoms with van der Waals surface area (Å²) in [7, 11) is 0. The summed E-state index contributed by atoms with van der Waals surface area (Å²) in [4.78, 5) is 41.5. The first kappa shape index (κ1) is 33.1. The number of hydrogen-bond acceptors (Lipinski definition) is 8. The number of aromatic nitrogens is 1. The highest BCUT2D eigenvalue weighted by Crippen LogP contribution is 2.37. The van der Waals surface area contributed by atoms with Crippen LogP contribution in [-0.4, -0.2) is 42.5 Å². The number of ether oxygens (including phenoxy) is 2. The van der Waals surface area contributed by atoms with Gasteiger partial charge in [0.25, 0.3) is 5.91 Å². The molecule has 1 aliphatic rings. The molecule has 0 radical (unpaired) electrons. The van der Waals surface area contributed by atoms with Gasteiger partial charge in [-0.25, -0.2) is 13.8 Å². The van der Waals surface area contributed by atoms with Crippen molar-refractivity contribution in [1.29, 1.82) is 0 Å². The number of nitrogens with zero attached hydrogens (tertiary/aromatic N) is 1. The number of primary amides is 1. The summed E-state index contributed by atoms with van der Waals surface area (Å²) < 4.78 is 70.0. The van der Waals surface area contributed by atoms with E-state index in [9.17, 15) is 31.9 Å². The Morgan fingerprint density at radius 2 is 1.84 bits per heavy atom. The Morgan fingerprint density at radius 3 is 2.44 bits per heavy atom. The molecule has 0 spiro atoms. The summed E-state index contributed by atoms with van der Waals surface area (Å²) in [5.41, 5.74) is 10.5. The lowest BCUT2D eigenvalue weighted by atomic mass is 10.0. The van der Waals surface area contributed by atoms with Gasteiger partial charge in [0, 0.05) is 17.2 Å². The zero-order chi connectivity index (χ0) is 30.6. The molecule has 1 aliphatic carbocycles. The van der Waals surface area contributed by atoms with Gasteiger partial charge in [-0.2, -0.15) is 8.78 Å². The molecule has 0 aliphatic heterocycles. The van der Waals surface area contributed by atoms with Crippen molar-refractivity contribution in [3.05, 3.63) is 65.1 Å². The van der Waals surface area contributed by atoms with Gasteiger partial charge in [-0.05, 0) is 49.9 Å². The number of nitrogens with two attached hydrogens (primary N) is 2. The lowest BCUT2D eigenvalue weighted by molar-refractivity contribution is -0.126. The Hall–Kier alpha value is -4.37. The van der Waals surface area contributed by atoms with Crippen molar-refractivity contribution >= 4 is 30.1 Å². The average molecular weight is 630 g/mol. The molecule has 1 unspecified atom stereocenters. The molecule has 1 saturated carbocycles.